The van der Waals surface area contributed by atoms with Crippen molar-refractivity contribution in [3.05, 3.63) is 33.8 Å². The number of carbonyl (C=O) groups is 2. The summed E-state index contributed by atoms with van der Waals surface area (Å²) in [6.45, 7) is 10.1. The van der Waals surface area contributed by atoms with Gasteiger partial charge in [-0.05, 0) is 61.4 Å². The SMILES string of the molecule is CC[C@H](C)CON1CCC2(CC1)NC(=O)C(c1c(C)cc(Cl)cc1C)C2=O. The van der Waals surface area contributed by atoms with Crippen LogP contribution < -0.4 is 5.32 Å². The first-order valence-corrected chi connectivity index (χ1v) is 10.2. The van der Waals surface area contributed by atoms with Crippen molar-refractivity contribution in [2.24, 2.45) is 5.92 Å². The predicted molar refractivity (Wildman–Crippen MR) is 106 cm³/mol. The fraction of sp³-hybridized carbons (Fsp3) is 0.619. The van der Waals surface area contributed by atoms with Gasteiger partial charge < -0.3 is 5.32 Å². The first-order valence-electron chi connectivity index (χ1n) is 9.78. The monoisotopic (exact) mass is 392 g/mol. The third kappa shape index (κ3) is 3.91. The number of aryl methyl sites for hydroxylation is 2. The highest BCUT2D eigenvalue weighted by Gasteiger charge is 2.54. The van der Waals surface area contributed by atoms with Crippen molar-refractivity contribution < 1.29 is 14.4 Å². The molecule has 2 aliphatic rings. The second kappa shape index (κ2) is 7.90. The van der Waals surface area contributed by atoms with Gasteiger partial charge in [0.15, 0.2) is 5.78 Å². The maximum atomic E-state index is 13.3. The number of halogens is 1. The quantitative estimate of drug-likeness (QED) is 0.778. The molecule has 0 bridgehead atoms. The Kier molecular flexibility index (Phi) is 5.94. The van der Waals surface area contributed by atoms with E-state index < -0.39 is 11.5 Å². The summed E-state index contributed by atoms with van der Waals surface area (Å²) in [6.07, 6.45) is 2.24. The van der Waals surface area contributed by atoms with Crippen LogP contribution >= 0.6 is 11.6 Å². The van der Waals surface area contributed by atoms with Crippen molar-refractivity contribution in [2.75, 3.05) is 19.7 Å². The van der Waals surface area contributed by atoms with E-state index in [-0.39, 0.29) is 11.7 Å². The molecule has 2 aliphatic heterocycles. The van der Waals surface area contributed by atoms with E-state index in [1.807, 2.05) is 31.0 Å². The molecular weight excluding hydrogens is 364 g/mol. The zero-order chi connectivity index (χ0) is 19.8. The molecule has 1 spiro atoms. The first-order chi connectivity index (χ1) is 12.8. The van der Waals surface area contributed by atoms with Crippen LogP contribution in [-0.4, -0.2) is 42.0 Å². The summed E-state index contributed by atoms with van der Waals surface area (Å²) in [5.41, 5.74) is 1.81. The average molecular weight is 393 g/mol. The molecule has 2 atom stereocenters. The lowest BCUT2D eigenvalue weighted by Crippen LogP contribution is -2.54. The van der Waals surface area contributed by atoms with Crippen LogP contribution in [0.15, 0.2) is 12.1 Å². The van der Waals surface area contributed by atoms with E-state index in [0.29, 0.717) is 43.5 Å². The molecule has 0 aliphatic carbocycles. The van der Waals surface area contributed by atoms with Crippen molar-refractivity contribution in [1.82, 2.24) is 10.4 Å². The van der Waals surface area contributed by atoms with E-state index in [0.717, 1.165) is 23.1 Å². The molecular formula is C21H29ClN2O3. The molecule has 1 N–H and O–H groups in total. The van der Waals surface area contributed by atoms with Crippen LogP contribution in [-0.2, 0) is 14.4 Å². The van der Waals surface area contributed by atoms with E-state index >= 15 is 0 Å². The van der Waals surface area contributed by atoms with Crippen molar-refractivity contribution in [2.45, 2.75) is 58.4 Å². The summed E-state index contributed by atoms with van der Waals surface area (Å²) < 4.78 is 0. The van der Waals surface area contributed by atoms with Gasteiger partial charge in [0, 0.05) is 18.1 Å². The molecule has 5 nitrogen and oxygen atoms in total. The number of nitrogens with zero attached hydrogens (tertiary/aromatic N) is 1. The summed E-state index contributed by atoms with van der Waals surface area (Å²) in [4.78, 5) is 32.0. The number of hydroxylamine groups is 2. The Bertz CT molecular complexity index is 718. The predicted octanol–water partition coefficient (Wildman–Crippen LogP) is 3.55. The summed E-state index contributed by atoms with van der Waals surface area (Å²) in [5, 5.41) is 5.59. The fourth-order valence-electron chi connectivity index (χ4n) is 4.12. The van der Waals surface area contributed by atoms with Crippen molar-refractivity contribution in [3.8, 4) is 0 Å². The van der Waals surface area contributed by atoms with Crippen LogP contribution in [0.5, 0.6) is 0 Å². The summed E-state index contributed by atoms with van der Waals surface area (Å²) in [7, 11) is 0. The molecule has 2 fully saturated rings. The maximum absolute atomic E-state index is 13.3. The molecule has 1 aromatic carbocycles. The highest BCUT2D eigenvalue weighted by Crippen LogP contribution is 2.39. The van der Waals surface area contributed by atoms with E-state index in [9.17, 15) is 9.59 Å². The van der Waals surface area contributed by atoms with Gasteiger partial charge >= 0.3 is 0 Å². The number of nitrogens with one attached hydrogen (secondary N) is 1. The number of amides is 1. The molecule has 2 heterocycles. The zero-order valence-corrected chi connectivity index (χ0v) is 17.4. The van der Waals surface area contributed by atoms with Gasteiger partial charge in [-0.15, -0.1) is 0 Å². The minimum Gasteiger partial charge on any atom is -0.343 e. The Labute approximate surface area is 166 Å². The minimum atomic E-state index is -0.767. The van der Waals surface area contributed by atoms with Gasteiger partial charge in [-0.3, -0.25) is 14.4 Å². The Morgan fingerprint density at radius 3 is 2.41 bits per heavy atom. The minimum absolute atomic E-state index is 0.0115. The average Bonchev–Trinajstić information content (AvgIpc) is 2.84. The van der Waals surface area contributed by atoms with Crippen LogP contribution in [0.3, 0.4) is 0 Å². The molecule has 1 aromatic rings. The molecule has 148 valence electrons. The molecule has 3 rings (SSSR count). The molecule has 0 saturated carbocycles. The van der Waals surface area contributed by atoms with Gasteiger partial charge in [-0.25, -0.2) is 0 Å². The molecule has 1 amide bonds. The van der Waals surface area contributed by atoms with Gasteiger partial charge in [-0.1, -0.05) is 31.9 Å². The largest absolute Gasteiger partial charge is 0.343 e. The molecule has 0 radical (unpaired) electrons. The van der Waals surface area contributed by atoms with Gasteiger partial charge in [0.25, 0.3) is 0 Å². The Morgan fingerprint density at radius 1 is 1.26 bits per heavy atom. The number of Topliss-reactive ketones (excluding diaryl/α,β-unsaturated/α-hetero) is 1. The van der Waals surface area contributed by atoms with E-state index in [1.165, 1.54) is 0 Å². The number of carbonyl (C=O) groups excluding carboxylic acids is 2. The highest BCUT2D eigenvalue weighted by atomic mass is 35.5. The summed E-state index contributed by atoms with van der Waals surface area (Å²) in [6, 6.07) is 3.64. The van der Waals surface area contributed by atoms with Crippen molar-refractivity contribution >= 4 is 23.3 Å². The lowest BCUT2D eigenvalue weighted by molar-refractivity contribution is -0.186. The second-order valence-electron chi connectivity index (χ2n) is 8.06. The van der Waals surface area contributed by atoms with Crippen LogP contribution in [0.4, 0.5) is 0 Å². The molecule has 6 heteroatoms. The van der Waals surface area contributed by atoms with Crippen molar-refractivity contribution in [1.29, 1.82) is 0 Å². The molecule has 1 unspecified atom stereocenters. The number of ketones is 1. The smallest absolute Gasteiger partial charge is 0.235 e. The molecule has 0 aromatic heterocycles. The second-order valence-corrected chi connectivity index (χ2v) is 8.50. The lowest BCUT2D eigenvalue weighted by Gasteiger charge is -2.37. The highest BCUT2D eigenvalue weighted by molar-refractivity contribution is 6.30. The standard InChI is InChI=1S/C21H29ClN2O3/c1-5-13(2)12-27-24-8-6-21(7-9-24)19(25)18(20(26)23-21)17-14(3)10-16(22)11-15(17)4/h10-11,13,18H,5-9,12H2,1-4H3,(H,23,26)/t13-,18?/m0/s1. The topological polar surface area (TPSA) is 58.6 Å². The normalized spacial score (nSPS) is 23.7. The van der Waals surface area contributed by atoms with Gasteiger partial charge in [0.1, 0.15) is 11.5 Å². The maximum Gasteiger partial charge on any atom is 0.235 e. The number of rotatable bonds is 5. The third-order valence-corrected chi connectivity index (χ3v) is 6.24. The van der Waals surface area contributed by atoms with E-state index in [2.05, 4.69) is 19.2 Å². The van der Waals surface area contributed by atoms with E-state index in [4.69, 9.17) is 16.4 Å². The molecule has 27 heavy (non-hydrogen) atoms. The summed E-state index contributed by atoms with van der Waals surface area (Å²) in [5.74, 6) is -0.436. The Morgan fingerprint density at radius 2 is 1.85 bits per heavy atom. The van der Waals surface area contributed by atoms with E-state index in [1.54, 1.807) is 0 Å². The van der Waals surface area contributed by atoms with Gasteiger partial charge in [0.2, 0.25) is 5.91 Å². The van der Waals surface area contributed by atoms with Gasteiger partial charge in [0.05, 0.1) is 6.61 Å². The van der Waals surface area contributed by atoms with Gasteiger partial charge in [-0.2, -0.15) is 5.06 Å². The molecule has 2 saturated heterocycles. The third-order valence-electron chi connectivity index (χ3n) is 6.02. The van der Waals surface area contributed by atoms with Crippen LogP contribution in [0.25, 0.3) is 0 Å². The van der Waals surface area contributed by atoms with Crippen LogP contribution in [0.1, 0.15) is 55.7 Å². The first kappa shape index (κ1) is 20.3. The van der Waals surface area contributed by atoms with Crippen LogP contribution in [0.2, 0.25) is 5.02 Å². The number of hydrogen-bond acceptors (Lipinski definition) is 4. The zero-order valence-electron chi connectivity index (χ0n) is 16.6. The number of hydrogen-bond donors (Lipinski definition) is 1. The van der Waals surface area contributed by atoms with Crippen molar-refractivity contribution in [3.63, 3.8) is 0 Å². The number of piperidine rings is 1. The Balaban J connectivity index is 1.74. The summed E-state index contributed by atoms with van der Waals surface area (Å²) >= 11 is 6.12. The lowest BCUT2D eigenvalue weighted by atomic mass is 9.79. The van der Waals surface area contributed by atoms with Crippen LogP contribution in [0, 0.1) is 19.8 Å². The Hall–Kier alpha value is -1.43. The number of benzene rings is 1. The fourth-order valence-corrected chi connectivity index (χ4v) is 4.45.